The van der Waals surface area contributed by atoms with Crippen LogP contribution in [0.1, 0.15) is 23.7 Å². The Labute approximate surface area is 145 Å². The fraction of sp³-hybridized carbons (Fsp3) is 0.263. The Morgan fingerprint density at radius 3 is 2.28 bits per heavy atom. The molecule has 0 saturated carbocycles. The summed E-state index contributed by atoms with van der Waals surface area (Å²) in [6.45, 7) is 1.63. The third-order valence-corrected chi connectivity index (χ3v) is 3.73. The van der Waals surface area contributed by atoms with Gasteiger partial charge in [0.2, 0.25) is 0 Å². The zero-order valence-corrected chi connectivity index (χ0v) is 14.2. The summed E-state index contributed by atoms with van der Waals surface area (Å²) in [7, 11) is 1.56. The quantitative estimate of drug-likeness (QED) is 0.835. The van der Waals surface area contributed by atoms with Gasteiger partial charge in [0, 0.05) is 6.54 Å². The number of hydrogen-bond acceptors (Lipinski definition) is 3. The minimum absolute atomic E-state index is 0.132. The Balaban J connectivity index is 2.27. The van der Waals surface area contributed by atoms with Gasteiger partial charge in [-0.25, -0.2) is 4.39 Å². The number of halogens is 1. The Hall–Kier alpha value is -2.89. The molecule has 0 spiro atoms. The maximum absolute atomic E-state index is 14.5. The normalized spacial score (nSPS) is 10.4. The van der Waals surface area contributed by atoms with E-state index in [1.165, 1.54) is 12.1 Å². The standard InChI is InChI=1S/C19H20FNO4/c1-3-10-21(12-18(22)23)19(24)16-9-6-14(11-17(16)20)13-4-7-15(25-2)8-5-13/h4-9,11H,3,10,12H2,1-2H3,(H,22,23). The number of carboxylic acid groups (broad SMARTS) is 1. The first-order chi connectivity index (χ1) is 12.0. The van der Waals surface area contributed by atoms with E-state index in [1.807, 2.05) is 6.92 Å². The third kappa shape index (κ3) is 4.56. The van der Waals surface area contributed by atoms with Crippen molar-refractivity contribution in [1.82, 2.24) is 4.90 Å². The average molecular weight is 345 g/mol. The van der Waals surface area contributed by atoms with Crippen LogP contribution in [0, 0.1) is 5.82 Å². The molecule has 0 saturated heterocycles. The summed E-state index contributed by atoms with van der Waals surface area (Å²) in [5, 5.41) is 8.91. The summed E-state index contributed by atoms with van der Waals surface area (Å²) in [5.41, 5.74) is 1.28. The number of nitrogens with zero attached hydrogens (tertiary/aromatic N) is 1. The van der Waals surface area contributed by atoms with Crippen LogP contribution in [-0.2, 0) is 4.79 Å². The first-order valence-corrected chi connectivity index (χ1v) is 7.91. The number of carbonyl (C=O) groups excluding carboxylic acids is 1. The second-order valence-corrected chi connectivity index (χ2v) is 5.54. The number of amides is 1. The van der Waals surface area contributed by atoms with Crippen LogP contribution in [0.4, 0.5) is 4.39 Å². The van der Waals surface area contributed by atoms with E-state index in [4.69, 9.17) is 9.84 Å². The van der Waals surface area contributed by atoms with Crippen molar-refractivity contribution >= 4 is 11.9 Å². The van der Waals surface area contributed by atoms with Gasteiger partial charge in [-0.05, 0) is 41.8 Å². The Morgan fingerprint density at radius 1 is 1.12 bits per heavy atom. The molecule has 0 heterocycles. The monoisotopic (exact) mass is 345 g/mol. The lowest BCUT2D eigenvalue weighted by molar-refractivity contribution is -0.137. The second kappa shape index (κ2) is 8.28. The number of aliphatic carboxylic acids is 1. The molecule has 1 N–H and O–H groups in total. The van der Waals surface area contributed by atoms with Crippen LogP contribution < -0.4 is 4.74 Å². The van der Waals surface area contributed by atoms with Crippen LogP contribution >= 0.6 is 0 Å². The van der Waals surface area contributed by atoms with Crippen LogP contribution in [0.3, 0.4) is 0 Å². The molecular weight excluding hydrogens is 325 g/mol. The molecule has 6 heteroatoms. The fourth-order valence-electron chi connectivity index (χ4n) is 2.51. The van der Waals surface area contributed by atoms with E-state index in [9.17, 15) is 14.0 Å². The van der Waals surface area contributed by atoms with Crippen LogP contribution in [0.5, 0.6) is 5.75 Å². The zero-order chi connectivity index (χ0) is 18.4. The van der Waals surface area contributed by atoms with Crippen molar-refractivity contribution in [2.24, 2.45) is 0 Å². The number of carbonyl (C=O) groups is 2. The maximum atomic E-state index is 14.5. The molecule has 5 nitrogen and oxygen atoms in total. The zero-order valence-electron chi connectivity index (χ0n) is 14.2. The van der Waals surface area contributed by atoms with Crippen LogP contribution in [0.2, 0.25) is 0 Å². The average Bonchev–Trinajstić information content (AvgIpc) is 2.60. The van der Waals surface area contributed by atoms with E-state index >= 15 is 0 Å². The molecule has 0 bridgehead atoms. The molecule has 132 valence electrons. The summed E-state index contributed by atoms with van der Waals surface area (Å²) in [6.07, 6.45) is 0.588. The van der Waals surface area contributed by atoms with Gasteiger partial charge >= 0.3 is 5.97 Å². The molecule has 0 aromatic heterocycles. The Morgan fingerprint density at radius 2 is 1.76 bits per heavy atom. The lowest BCUT2D eigenvalue weighted by atomic mass is 10.0. The molecule has 2 aromatic rings. The van der Waals surface area contributed by atoms with Gasteiger partial charge in [0.1, 0.15) is 18.1 Å². The highest BCUT2D eigenvalue weighted by Crippen LogP contribution is 2.25. The molecule has 0 fully saturated rings. The highest BCUT2D eigenvalue weighted by Gasteiger charge is 2.21. The maximum Gasteiger partial charge on any atom is 0.323 e. The predicted octanol–water partition coefficient (Wildman–Crippen LogP) is 3.44. The van der Waals surface area contributed by atoms with Gasteiger partial charge in [0.05, 0.1) is 12.7 Å². The largest absolute Gasteiger partial charge is 0.497 e. The van der Waals surface area contributed by atoms with Crippen molar-refractivity contribution in [3.63, 3.8) is 0 Å². The van der Waals surface area contributed by atoms with Gasteiger partial charge < -0.3 is 14.7 Å². The highest BCUT2D eigenvalue weighted by atomic mass is 19.1. The summed E-state index contributed by atoms with van der Waals surface area (Å²) in [6, 6.07) is 11.4. The van der Waals surface area contributed by atoms with Crippen molar-refractivity contribution in [3.8, 4) is 16.9 Å². The molecule has 0 radical (unpaired) electrons. The van der Waals surface area contributed by atoms with E-state index in [0.29, 0.717) is 17.7 Å². The Bertz CT molecular complexity index is 759. The summed E-state index contributed by atoms with van der Waals surface area (Å²) in [5.74, 6) is -1.73. The van der Waals surface area contributed by atoms with Gasteiger partial charge in [-0.3, -0.25) is 9.59 Å². The van der Waals surface area contributed by atoms with Crippen molar-refractivity contribution in [2.75, 3.05) is 20.2 Å². The molecule has 0 aliphatic carbocycles. The Kier molecular flexibility index (Phi) is 6.11. The van der Waals surface area contributed by atoms with Crippen molar-refractivity contribution in [1.29, 1.82) is 0 Å². The summed E-state index contributed by atoms with van der Waals surface area (Å²) in [4.78, 5) is 24.5. The number of rotatable bonds is 7. The molecule has 0 unspecified atom stereocenters. The van der Waals surface area contributed by atoms with Gasteiger partial charge in [0.25, 0.3) is 5.91 Å². The minimum atomic E-state index is -1.13. The highest BCUT2D eigenvalue weighted by molar-refractivity contribution is 5.96. The number of carboxylic acids is 1. The van der Waals surface area contributed by atoms with Crippen molar-refractivity contribution in [2.45, 2.75) is 13.3 Å². The van der Waals surface area contributed by atoms with Crippen LogP contribution in [-0.4, -0.2) is 42.1 Å². The van der Waals surface area contributed by atoms with E-state index in [1.54, 1.807) is 37.4 Å². The van der Waals surface area contributed by atoms with Gasteiger partial charge in [-0.15, -0.1) is 0 Å². The lowest BCUT2D eigenvalue weighted by Crippen LogP contribution is -2.36. The molecule has 0 atom stereocenters. The smallest absolute Gasteiger partial charge is 0.323 e. The number of ether oxygens (including phenoxy) is 1. The SMILES string of the molecule is CCCN(CC(=O)O)C(=O)c1ccc(-c2ccc(OC)cc2)cc1F. The summed E-state index contributed by atoms with van der Waals surface area (Å²) >= 11 is 0. The number of methoxy groups -OCH3 is 1. The lowest BCUT2D eigenvalue weighted by Gasteiger charge is -2.20. The predicted molar refractivity (Wildman–Crippen MR) is 92.2 cm³/mol. The van der Waals surface area contributed by atoms with Crippen LogP contribution in [0.15, 0.2) is 42.5 Å². The minimum Gasteiger partial charge on any atom is -0.497 e. The van der Waals surface area contributed by atoms with Crippen LogP contribution in [0.25, 0.3) is 11.1 Å². The molecular formula is C19H20FNO4. The third-order valence-electron chi connectivity index (χ3n) is 3.73. The molecule has 1 amide bonds. The topological polar surface area (TPSA) is 66.8 Å². The summed E-state index contributed by atoms with van der Waals surface area (Å²) < 4.78 is 19.5. The van der Waals surface area contributed by atoms with Crippen molar-refractivity contribution < 1.29 is 23.8 Å². The van der Waals surface area contributed by atoms with E-state index in [2.05, 4.69) is 0 Å². The first-order valence-electron chi connectivity index (χ1n) is 7.91. The first kappa shape index (κ1) is 18.4. The van der Waals surface area contributed by atoms with E-state index in [0.717, 1.165) is 10.5 Å². The van der Waals surface area contributed by atoms with Gasteiger partial charge in [-0.2, -0.15) is 0 Å². The molecule has 2 rings (SSSR count). The molecule has 25 heavy (non-hydrogen) atoms. The second-order valence-electron chi connectivity index (χ2n) is 5.54. The fourth-order valence-corrected chi connectivity index (χ4v) is 2.51. The van der Waals surface area contributed by atoms with E-state index < -0.39 is 24.2 Å². The number of benzene rings is 2. The van der Waals surface area contributed by atoms with E-state index in [-0.39, 0.29) is 12.1 Å². The van der Waals surface area contributed by atoms with Gasteiger partial charge in [0.15, 0.2) is 0 Å². The number of hydrogen-bond donors (Lipinski definition) is 1. The van der Waals surface area contributed by atoms with Gasteiger partial charge in [-0.1, -0.05) is 25.1 Å². The molecule has 0 aliphatic rings. The molecule has 0 aliphatic heterocycles. The van der Waals surface area contributed by atoms with Crippen molar-refractivity contribution in [3.05, 3.63) is 53.8 Å². The molecule has 2 aromatic carbocycles.